The quantitative estimate of drug-likeness (QED) is 0.211. The minimum absolute atomic E-state index is 0.190. The monoisotopic (exact) mass is 388 g/mol. The smallest absolute Gasteiger partial charge is 0.303 e. The minimum Gasteiger partial charge on any atom is -0.462 e. The fourth-order valence-electron chi connectivity index (χ4n) is 2.17. The summed E-state index contributed by atoms with van der Waals surface area (Å²) in [6.07, 6.45) is 3.78. The number of hydrogen-bond donors (Lipinski definition) is 0. The molecule has 0 bridgehead atoms. The zero-order valence-electron chi connectivity index (χ0n) is 16.3. The molecule has 0 spiro atoms. The number of ketones is 1. The maximum absolute atomic E-state index is 12.1. The molecule has 0 aliphatic heterocycles. The second-order valence-electron chi connectivity index (χ2n) is 6.00. The second kappa shape index (κ2) is 11.5. The molecule has 0 saturated heterocycles. The van der Waals surface area contributed by atoms with Crippen LogP contribution in [0.5, 0.6) is 0 Å². The molecule has 1 rings (SSSR count). The Hall–Kier alpha value is -3.22. The fourth-order valence-corrected chi connectivity index (χ4v) is 2.17. The van der Waals surface area contributed by atoms with E-state index < -0.39 is 30.1 Å². The number of aryl methyl sites for hydroxylation is 1. The van der Waals surface area contributed by atoms with E-state index in [1.54, 1.807) is 12.1 Å². The molecule has 0 unspecified atom stereocenters. The van der Waals surface area contributed by atoms with Crippen LogP contribution in [0, 0.1) is 6.92 Å². The molecule has 0 aliphatic rings. The van der Waals surface area contributed by atoms with Crippen LogP contribution < -0.4 is 0 Å². The molecule has 0 radical (unpaired) electrons. The summed E-state index contributed by atoms with van der Waals surface area (Å²) in [6, 6.07) is 7.13. The Morgan fingerprint density at radius 3 is 2.04 bits per heavy atom. The third-order valence-corrected chi connectivity index (χ3v) is 3.43. The lowest BCUT2D eigenvalue weighted by Crippen LogP contribution is -2.37. The Labute approximate surface area is 164 Å². The van der Waals surface area contributed by atoms with Crippen molar-refractivity contribution in [2.45, 2.75) is 39.9 Å². The van der Waals surface area contributed by atoms with Gasteiger partial charge in [0.2, 0.25) is 0 Å². The molecule has 0 heterocycles. The van der Waals surface area contributed by atoms with Crippen molar-refractivity contribution in [2.24, 2.45) is 0 Å². The number of carbonyl (C=O) groups is 4. The van der Waals surface area contributed by atoms with Crippen molar-refractivity contribution < 1.29 is 33.4 Å². The van der Waals surface area contributed by atoms with Crippen molar-refractivity contribution in [1.82, 2.24) is 0 Å². The van der Waals surface area contributed by atoms with Crippen molar-refractivity contribution in [2.75, 3.05) is 6.61 Å². The van der Waals surface area contributed by atoms with Gasteiger partial charge in [-0.3, -0.25) is 19.2 Å². The molecule has 2 atom stereocenters. The van der Waals surface area contributed by atoms with Gasteiger partial charge in [0.25, 0.3) is 0 Å². The highest BCUT2D eigenvalue weighted by Crippen LogP contribution is 2.10. The highest BCUT2D eigenvalue weighted by Gasteiger charge is 2.26. The van der Waals surface area contributed by atoms with Crippen molar-refractivity contribution in [3.05, 3.63) is 59.7 Å². The predicted molar refractivity (Wildman–Crippen MR) is 102 cm³/mol. The number of allylic oxidation sites excluding steroid dienone is 3. The summed E-state index contributed by atoms with van der Waals surface area (Å²) in [5, 5.41) is 0. The molecule has 0 N–H and O–H groups in total. The van der Waals surface area contributed by atoms with Crippen molar-refractivity contribution in [3.8, 4) is 0 Å². The summed E-state index contributed by atoms with van der Waals surface area (Å²) < 4.78 is 15.1. The van der Waals surface area contributed by atoms with E-state index in [9.17, 15) is 19.2 Å². The van der Waals surface area contributed by atoms with Crippen molar-refractivity contribution in [1.29, 1.82) is 0 Å². The predicted octanol–water partition coefficient (Wildman–Crippen LogP) is 2.72. The Bertz CT molecular complexity index is 759. The van der Waals surface area contributed by atoms with Crippen LogP contribution in [0.25, 0.3) is 0 Å². The molecule has 7 nitrogen and oxygen atoms in total. The molecule has 1 aromatic carbocycles. The Morgan fingerprint density at radius 1 is 0.893 bits per heavy atom. The topological polar surface area (TPSA) is 96.0 Å². The zero-order chi connectivity index (χ0) is 21.1. The van der Waals surface area contributed by atoms with Crippen molar-refractivity contribution >= 4 is 23.7 Å². The zero-order valence-corrected chi connectivity index (χ0v) is 16.3. The molecule has 1 aromatic rings. The summed E-state index contributed by atoms with van der Waals surface area (Å²) in [5.41, 5.74) is 1.59. The summed E-state index contributed by atoms with van der Waals surface area (Å²) >= 11 is 0. The average molecular weight is 388 g/mol. The van der Waals surface area contributed by atoms with E-state index in [-0.39, 0.29) is 12.4 Å². The van der Waals surface area contributed by atoms with Crippen LogP contribution in [-0.2, 0) is 28.6 Å². The largest absolute Gasteiger partial charge is 0.462 e. The molecule has 0 aliphatic carbocycles. The van der Waals surface area contributed by atoms with Gasteiger partial charge < -0.3 is 14.2 Å². The summed E-state index contributed by atoms with van der Waals surface area (Å²) in [6.45, 7) is 5.26. The first-order valence-corrected chi connectivity index (χ1v) is 8.62. The average Bonchev–Trinajstić information content (AvgIpc) is 2.61. The number of hydrogen-bond acceptors (Lipinski definition) is 7. The SMILES string of the molecule is CC(=O)OC[C@@H](OC(C)=O)[C@H](/C=C/C=C/C(=O)c1ccc(C)cc1)OC(C)=O. The van der Waals surface area contributed by atoms with E-state index in [0.717, 1.165) is 5.56 Å². The standard InChI is InChI=1S/C21H24O7/c1-14-9-11-18(12-10-14)19(25)7-5-6-8-20(27-16(3)23)21(28-17(4)24)13-26-15(2)22/h5-12,20-21H,13H2,1-4H3/b7-5+,8-6+/t20-,21+/m0/s1. The van der Waals surface area contributed by atoms with Crippen LogP contribution in [0.15, 0.2) is 48.6 Å². The lowest BCUT2D eigenvalue weighted by atomic mass is 10.1. The maximum atomic E-state index is 12.1. The van der Waals surface area contributed by atoms with E-state index in [1.807, 2.05) is 19.1 Å². The number of carbonyl (C=O) groups excluding carboxylic acids is 4. The van der Waals surface area contributed by atoms with Crippen LogP contribution in [-0.4, -0.2) is 42.5 Å². The third kappa shape index (κ3) is 8.93. The fraction of sp³-hybridized carbons (Fsp3) is 0.333. The van der Waals surface area contributed by atoms with E-state index in [1.165, 1.54) is 45.1 Å². The van der Waals surface area contributed by atoms with Crippen LogP contribution in [0.3, 0.4) is 0 Å². The highest BCUT2D eigenvalue weighted by atomic mass is 16.6. The van der Waals surface area contributed by atoms with Gasteiger partial charge in [-0.2, -0.15) is 0 Å². The van der Waals surface area contributed by atoms with Gasteiger partial charge in [0.05, 0.1) is 0 Å². The van der Waals surface area contributed by atoms with Gasteiger partial charge in [-0.15, -0.1) is 0 Å². The van der Waals surface area contributed by atoms with Gasteiger partial charge in [0.1, 0.15) is 6.61 Å². The molecular weight excluding hydrogens is 364 g/mol. The van der Waals surface area contributed by atoms with E-state index in [2.05, 4.69) is 0 Å². The van der Waals surface area contributed by atoms with Crippen LogP contribution >= 0.6 is 0 Å². The first kappa shape index (κ1) is 22.8. The lowest BCUT2D eigenvalue weighted by Gasteiger charge is -2.23. The van der Waals surface area contributed by atoms with Gasteiger partial charge in [0.15, 0.2) is 18.0 Å². The normalized spacial score (nSPS) is 13.1. The third-order valence-electron chi connectivity index (χ3n) is 3.43. The molecule has 0 amide bonds. The van der Waals surface area contributed by atoms with Gasteiger partial charge in [-0.1, -0.05) is 42.0 Å². The van der Waals surface area contributed by atoms with Crippen LogP contribution in [0.4, 0.5) is 0 Å². The number of benzene rings is 1. The highest BCUT2D eigenvalue weighted by molar-refractivity contribution is 6.04. The van der Waals surface area contributed by atoms with E-state index in [4.69, 9.17) is 14.2 Å². The van der Waals surface area contributed by atoms with Gasteiger partial charge >= 0.3 is 17.9 Å². The molecule has 0 saturated carbocycles. The summed E-state index contributed by atoms with van der Waals surface area (Å²) in [4.78, 5) is 45.8. The second-order valence-corrected chi connectivity index (χ2v) is 6.00. The summed E-state index contributed by atoms with van der Waals surface area (Å²) in [7, 11) is 0. The molecule has 28 heavy (non-hydrogen) atoms. The molecule has 150 valence electrons. The number of ether oxygens (including phenoxy) is 3. The first-order valence-electron chi connectivity index (χ1n) is 8.62. The molecule has 0 aromatic heterocycles. The lowest BCUT2D eigenvalue weighted by molar-refractivity contribution is -0.169. The Balaban J connectivity index is 2.87. The summed E-state index contributed by atoms with van der Waals surface area (Å²) in [5.74, 6) is -1.97. The van der Waals surface area contributed by atoms with Crippen LogP contribution in [0.1, 0.15) is 36.7 Å². The molecule has 0 fully saturated rings. The molecular formula is C21H24O7. The number of rotatable bonds is 9. The maximum Gasteiger partial charge on any atom is 0.303 e. The Morgan fingerprint density at radius 2 is 1.50 bits per heavy atom. The van der Waals surface area contributed by atoms with Crippen molar-refractivity contribution in [3.63, 3.8) is 0 Å². The van der Waals surface area contributed by atoms with E-state index >= 15 is 0 Å². The number of esters is 3. The minimum atomic E-state index is -1.01. The van der Waals surface area contributed by atoms with E-state index in [0.29, 0.717) is 5.56 Å². The first-order chi connectivity index (χ1) is 13.2. The molecule has 7 heteroatoms. The van der Waals surface area contributed by atoms with Gasteiger partial charge in [0, 0.05) is 26.3 Å². The van der Waals surface area contributed by atoms with Gasteiger partial charge in [-0.25, -0.2) is 0 Å². The van der Waals surface area contributed by atoms with Crippen LogP contribution in [0.2, 0.25) is 0 Å². The van der Waals surface area contributed by atoms with Gasteiger partial charge in [-0.05, 0) is 19.1 Å². The Kier molecular flexibility index (Phi) is 9.36.